The van der Waals surface area contributed by atoms with E-state index < -0.39 is 0 Å². The van der Waals surface area contributed by atoms with E-state index in [1.54, 1.807) is 0 Å². The zero-order chi connectivity index (χ0) is 16.1. The molecule has 0 spiro atoms. The molecule has 2 aliphatic heterocycles. The number of rotatable bonds is 5. The fourth-order valence-corrected chi connectivity index (χ4v) is 2.94. The van der Waals surface area contributed by atoms with Crippen LogP contribution >= 0.6 is 12.4 Å². The quantitative estimate of drug-likeness (QED) is 0.788. The van der Waals surface area contributed by atoms with Crippen LogP contribution in [-0.4, -0.2) is 49.5 Å². The van der Waals surface area contributed by atoms with E-state index >= 15 is 0 Å². The summed E-state index contributed by atoms with van der Waals surface area (Å²) in [7, 11) is 0. The Morgan fingerprint density at radius 2 is 2.00 bits per heavy atom. The van der Waals surface area contributed by atoms with Crippen molar-refractivity contribution in [3.8, 4) is 5.75 Å². The van der Waals surface area contributed by atoms with E-state index in [-0.39, 0.29) is 24.2 Å². The molecule has 1 aromatic rings. The van der Waals surface area contributed by atoms with Gasteiger partial charge in [-0.1, -0.05) is 0 Å². The highest BCUT2D eigenvalue weighted by atomic mass is 35.5. The van der Waals surface area contributed by atoms with Crippen LogP contribution in [0.25, 0.3) is 0 Å². The number of fused-ring (bicyclic) bond motifs is 1. The number of anilines is 1. The number of hydrogen-bond acceptors (Lipinski definition) is 4. The first-order valence-corrected chi connectivity index (χ1v) is 8.26. The maximum absolute atomic E-state index is 12.0. The van der Waals surface area contributed by atoms with Crippen LogP contribution in [0.3, 0.4) is 0 Å². The summed E-state index contributed by atoms with van der Waals surface area (Å²) in [6.07, 6.45) is 2.52. The molecular formula is C17H24ClN3O3. The van der Waals surface area contributed by atoms with E-state index in [2.05, 4.69) is 10.6 Å². The summed E-state index contributed by atoms with van der Waals surface area (Å²) in [5.74, 6) is 1.08. The average Bonchev–Trinajstić information content (AvgIpc) is 2.59. The Bertz CT molecular complexity index is 588. The lowest BCUT2D eigenvalue weighted by atomic mass is 10.0. The van der Waals surface area contributed by atoms with Crippen LogP contribution in [0.5, 0.6) is 5.75 Å². The zero-order valence-electron chi connectivity index (χ0n) is 13.7. The highest BCUT2D eigenvalue weighted by molar-refractivity contribution is 5.94. The fourth-order valence-electron chi connectivity index (χ4n) is 2.94. The van der Waals surface area contributed by atoms with Crippen molar-refractivity contribution in [1.82, 2.24) is 10.2 Å². The van der Waals surface area contributed by atoms with Gasteiger partial charge in [0.05, 0.1) is 6.61 Å². The molecule has 6 nitrogen and oxygen atoms in total. The second kappa shape index (κ2) is 8.89. The van der Waals surface area contributed by atoms with Gasteiger partial charge in [-0.05, 0) is 36.6 Å². The van der Waals surface area contributed by atoms with Crippen molar-refractivity contribution in [1.29, 1.82) is 0 Å². The van der Waals surface area contributed by atoms with Gasteiger partial charge in [-0.25, -0.2) is 0 Å². The molecule has 2 N–H and O–H groups in total. The molecule has 1 aromatic carbocycles. The first-order valence-electron chi connectivity index (χ1n) is 8.26. The predicted molar refractivity (Wildman–Crippen MR) is 94.8 cm³/mol. The number of carbonyl (C=O) groups is 2. The Morgan fingerprint density at radius 3 is 2.79 bits per heavy atom. The van der Waals surface area contributed by atoms with Crippen molar-refractivity contribution in [2.75, 3.05) is 38.1 Å². The topological polar surface area (TPSA) is 70.7 Å². The molecule has 0 aromatic heterocycles. The molecule has 0 atom stereocenters. The third-order valence-electron chi connectivity index (χ3n) is 4.25. The second-order valence-corrected chi connectivity index (χ2v) is 5.95. The SMILES string of the molecule is Cl.O=C1CCc2cc(OCCCC(=O)N3CCNCC3)ccc2N1. The number of hydrogen-bond donors (Lipinski definition) is 2. The van der Waals surface area contributed by atoms with Gasteiger partial charge in [0.25, 0.3) is 0 Å². The van der Waals surface area contributed by atoms with E-state index in [0.29, 0.717) is 19.4 Å². The molecule has 0 bridgehead atoms. The van der Waals surface area contributed by atoms with Gasteiger partial charge in [-0.15, -0.1) is 12.4 Å². The van der Waals surface area contributed by atoms with Crippen LogP contribution in [-0.2, 0) is 16.0 Å². The van der Waals surface area contributed by atoms with Crippen LogP contribution in [0.2, 0.25) is 0 Å². The van der Waals surface area contributed by atoms with Gasteiger partial charge in [0, 0.05) is 44.7 Å². The number of halogens is 1. The summed E-state index contributed by atoms with van der Waals surface area (Å²) < 4.78 is 5.74. The van der Waals surface area contributed by atoms with Crippen molar-refractivity contribution in [2.24, 2.45) is 0 Å². The van der Waals surface area contributed by atoms with Crippen LogP contribution in [0, 0.1) is 0 Å². The van der Waals surface area contributed by atoms with E-state index in [0.717, 1.165) is 56.0 Å². The molecule has 0 unspecified atom stereocenters. The minimum atomic E-state index is 0. The molecule has 132 valence electrons. The maximum Gasteiger partial charge on any atom is 0.224 e. The third kappa shape index (κ3) is 4.85. The number of nitrogens with zero attached hydrogens (tertiary/aromatic N) is 1. The number of benzene rings is 1. The summed E-state index contributed by atoms with van der Waals surface area (Å²) >= 11 is 0. The summed E-state index contributed by atoms with van der Waals surface area (Å²) in [6.45, 7) is 3.90. The van der Waals surface area contributed by atoms with Gasteiger partial charge < -0.3 is 20.3 Å². The van der Waals surface area contributed by atoms with Gasteiger partial charge >= 0.3 is 0 Å². The molecule has 7 heteroatoms. The van der Waals surface area contributed by atoms with Crippen molar-refractivity contribution >= 4 is 29.9 Å². The molecular weight excluding hydrogens is 330 g/mol. The summed E-state index contributed by atoms with van der Waals surface area (Å²) in [6, 6.07) is 5.73. The molecule has 2 heterocycles. The molecule has 0 saturated carbocycles. The summed E-state index contributed by atoms with van der Waals surface area (Å²) in [5, 5.41) is 6.10. The van der Waals surface area contributed by atoms with Crippen LogP contribution < -0.4 is 15.4 Å². The van der Waals surface area contributed by atoms with E-state index in [9.17, 15) is 9.59 Å². The minimum absolute atomic E-state index is 0. The minimum Gasteiger partial charge on any atom is -0.494 e. The van der Waals surface area contributed by atoms with Crippen molar-refractivity contribution in [2.45, 2.75) is 25.7 Å². The van der Waals surface area contributed by atoms with Gasteiger partial charge in [-0.3, -0.25) is 9.59 Å². The highest BCUT2D eigenvalue weighted by Crippen LogP contribution is 2.26. The van der Waals surface area contributed by atoms with Crippen molar-refractivity contribution in [3.05, 3.63) is 23.8 Å². The van der Waals surface area contributed by atoms with Crippen molar-refractivity contribution in [3.63, 3.8) is 0 Å². The van der Waals surface area contributed by atoms with Crippen molar-refractivity contribution < 1.29 is 14.3 Å². The van der Waals surface area contributed by atoms with E-state index in [4.69, 9.17) is 4.74 Å². The molecule has 0 radical (unpaired) electrons. The monoisotopic (exact) mass is 353 g/mol. The average molecular weight is 354 g/mol. The number of aryl methyl sites for hydroxylation is 1. The first kappa shape index (κ1) is 18.5. The Morgan fingerprint density at radius 1 is 1.21 bits per heavy atom. The number of nitrogens with one attached hydrogen (secondary N) is 2. The number of piperazine rings is 1. The van der Waals surface area contributed by atoms with Crippen LogP contribution in [0.1, 0.15) is 24.8 Å². The number of carbonyl (C=O) groups excluding carboxylic acids is 2. The fraction of sp³-hybridized carbons (Fsp3) is 0.529. The third-order valence-corrected chi connectivity index (χ3v) is 4.25. The molecule has 3 rings (SSSR count). The van der Waals surface area contributed by atoms with Gasteiger partial charge in [0.2, 0.25) is 11.8 Å². The molecule has 2 amide bonds. The maximum atomic E-state index is 12.0. The molecule has 1 fully saturated rings. The van der Waals surface area contributed by atoms with E-state index in [1.165, 1.54) is 0 Å². The van der Waals surface area contributed by atoms with Gasteiger partial charge in [-0.2, -0.15) is 0 Å². The molecule has 24 heavy (non-hydrogen) atoms. The van der Waals surface area contributed by atoms with Gasteiger partial charge in [0.15, 0.2) is 0 Å². The van der Waals surface area contributed by atoms with Gasteiger partial charge in [0.1, 0.15) is 5.75 Å². The molecule has 0 aliphatic carbocycles. The molecule has 1 saturated heterocycles. The smallest absolute Gasteiger partial charge is 0.224 e. The lowest BCUT2D eigenvalue weighted by molar-refractivity contribution is -0.132. The van der Waals surface area contributed by atoms with Crippen LogP contribution in [0.4, 0.5) is 5.69 Å². The standard InChI is InChI=1S/C17H23N3O3.ClH/c21-16-6-3-13-12-14(4-5-15(13)19-16)23-11-1-2-17(22)20-9-7-18-8-10-20;/h4-5,12,18H,1-3,6-11H2,(H,19,21);1H. The summed E-state index contributed by atoms with van der Waals surface area (Å²) in [4.78, 5) is 25.3. The second-order valence-electron chi connectivity index (χ2n) is 5.95. The zero-order valence-corrected chi connectivity index (χ0v) is 14.5. The Labute approximate surface area is 148 Å². The lowest BCUT2D eigenvalue weighted by Gasteiger charge is -2.27. The Hall–Kier alpha value is -1.79. The Kier molecular flexibility index (Phi) is 6.87. The van der Waals surface area contributed by atoms with Crippen LogP contribution in [0.15, 0.2) is 18.2 Å². The predicted octanol–water partition coefficient (Wildman–Crippen LogP) is 1.58. The van der Waals surface area contributed by atoms with E-state index in [1.807, 2.05) is 23.1 Å². The molecule has 2 aliphatic rings. The first-order chi connectivity index (χ1) is 11.2. The number of ether oxygens (including phenoxy) is 1. The number of amides is 2. The normalized spacial score (nSPS) is 16.7. The lowest BCUT2D eigenvalue weighted by Crippen LogP contribution is -2.46. The summed E-state index contributed by atoms with van der Waals surface area (Å²) in [5.41, 5.74) is 1.99. The largest absolute Gasteiger partial charge is 0.494 e. The Balaban J connectivity index is 0.00000208. The highest BCUT2D eigenvalue weighted by Gasteiger charge is 2.16.